The summed E-state index contributed by atoms with van der Waals surface area (Å²) in [6.45, 7) is 5.46. The third-order valence-electron chi connectivity index (χ3n) is 8.63. The number of unbranched alkanes of at least 4 members (excludes halogenated alkanes) is 1. The lowest BCUT2D eigenvalue weighted by atomic mass is 9.73. The van der Waals surface area contributed by atoms with E-state index in [0.717, 1.165) is 67.6 Å². The number of ether oxygens (including phenoxy) is 1. The summed E-state index contributed by atoms with van der Waals surface area (Å²) in [5.74, 6) is -0.624. The van der Waals surface area contributed by atoms with E-state index in [4.69, 9.17) is 4.74 Å². The van der Waals surface area contributed by atoms with Crippen molar-refractivity contribution < 1.29 is 21.9 Å². The minimum absolute atomic E-state index is 0.282. The molecule has 0 bridgehead atoms. The van der Waals surface area contributed by atoms with Crippen molar-refractivity contribution in [3.8, 4) is 0 Å². The molecule has 44 heavy (non-hydrogen) atoms. The number of halogens is 2. The van der Waals surface area contributed by atoms with Gasteiger partial charge in [-0.2, -0.15) is 0 Å². The van der Waals surface area contributed by atoms with Crippen molar-refractivity contribution in [2.24, 2.45) is 0 Å². The minimum atomic E-state index is -3.62. The van der Waals surface area contributed by atoms with Gasteiger partial charge >= 0.3 is 0 Å². The van der Waals surface area contributed by atoms with Crippen LogP contribution >= 0.6 is 0 Å². The van der Waals surface area contributed by atoms with E-state index < -0.39 is 16.1 Å². The summed E-state index contributed by atoms with van der Waals surface area (Å²) in [7, 11) is -3.62. The number of rotatable bonds is 13. The summed E-state index contributed by atoms with van der Waals surface area (Å²) in [6, 6.07) is 29.6. The summed E-state index contributed by atoms with van der Waals surface area (Å²) in [4.78, 5) is 2.72. The molecule has 1 heterocycles. The number of aryl methyl sites for hydroxylation is 1. The fourth-order valence-corrected chi connectivity index (χ4v) is 7.02. The van der Waals surface area contributed by atoms with Crippen molar-refractivity contribution in [3.05, 3.63) is 137 Å². The van der Waals surface area contributed by atoms with Gasteiger partial charge < -0.3 is 9.64 Å². The maximum Gasteiger partial charge on any atom is 0.240 e. The number of likely N-dealkylation sites (tertiary alicyclic amines) is 1. The molecule has 0 amide bonds. The second kappa shape index (κ2) is 14.6. The summed E-state index contributed by atoms with van der Waals surface area (Å²) < 4.78 is 62.5. The molecule has 1 saturated heterocycles. The number of piperidine rings is 1. The molecule has 1 aliphatic heterocycles. The lowest BCUT2D eigenvalue weighted by molar-refractivity contribution is 0.0735. The topological polar surface area (TPSA) is 58.6 Å². The van der Waals surface area contributed by atoms with E-state index in [-0.39, 0.29) is 21.9 Å². The zero-order valence-corrected chi connectivity index (χ0v) is 25.9. The van der Waals surface area contributed by atoms with Crippen molar-refractivity contribution in [2.45, 2.75) is 49.0 Å². The van der Waals surface area contributed by atoms with Crippen LogP contribution in [0, 0.1) is 18.6 Å². The molecule has 0 aliphatic carbocycles. The standard InChI is InChI=1S/C36H40F2N2O3S/c1-28-9-19-34(20-10-28)44(41,42)39-27-36(31-7-3-2-4-8-31)21-24-40(25-22-36)23-5-6-26-43-35(29-11-15-32(37)16-12-29)30-13-17-33(38)18-14-30/h2-4,7-20,35,39H,5-6,21-27H2,1H3. The zero-order chi connectivity index (χ0) is 31.0. The Kier molecular flexibility index (Phi) is 10.6. The molecule has 232 valence electrons. The minimum Gasteiger partial charge on any atom is -0.369 e. The Morgan fingerprint density at radius 3 is 1.93 bits per heavy atom. The Hall–Kier alpha value is -3.43. The molecule has 1 fully saturated rings. The van der Waals surface area contributed by atoms with Crippen LogP contribution in [-0.2, 0) is 20.2 Å². The highest BCUT2D eigenvalue weighted by atomic mass is 32.2. The average Bonchev–Trinajstić information content (AvgIpc) is 3.04. The molecule has 5 rings (SSSR count). The smallest absolute Gasteiger partial charge is 0.240 e. The first-order valence-electron chi connectivity index (χ1n) is 15.2. The number of benzene rings is 4. The highest BCUT2D eigenvalue weighted by Crippen LogP contribution is 2.36. The highest BCUT2D eigenvalue weighted by Gasteiger charge is 2.37. The normalized spacial score (nSPS) is 15.5. The first-order chi connectivity index (χ1) is 21.2. The quantitative estimate of drug-likeness (QED) is 0.162. The first-order valence-corrected chi connectivity index (χ1v) is 16.7. The van der Waals surface area contributed by atoms with Gasteiger partial charge in [-0.1, -0.05) is 72.3 Å². The number of hydrogen-bond acceptors (Lipinski definition) is 4. The second-order valence-corrected chi connectivity index (χ2v) is 13.5. The predicted molar refractivity (Wildman–Crippen MR) is 170 cm³/mol. The van der Waals surface area contributed by atoms with E-state index in [1.54, 1.807) is 36.4 Å². The van der Waals surface area contributed by atoms with Crippen LogP contribution < -0.4 is 4.72 Å². The van der Waals surface area contributed by atoms with Crippen LogP contribution in [0.5, 0.6) is 0 Å². The van der Waals surface area contributed by atoms with E-state index in [9.17, 15) is 17.2 Å². The van der Waals surface area contributed by atoms with E-state index in [1.807, 2.05) is 37.3 Å². The molecular weight excluding hydrogens is 578 g/mol. The molecule has 0 atom stereocenters. The third kappa shape index (κ3) is 8.18. The van der Waals surface area contributed by atoms with Crippen molar-refractivity contribution >= 4 is 10.0 Å². The number of nitrogens with zero attached hydrogens (tertiary/aromatic N) is 1. The first kappa shape index (κ1) is 32.0. The van der Waals surface area contributed by atoms with E-state index in [0.29, 0.717) is 13.2 Å². The number of hydrogen-bond donors (Lipinski definition) is 1. The van der Waals surface area contributed by atoms with Gasteiger partial charge in [-0.3, -0.25) is 0 Å². The van der Waals surface area contributed by atoms with Crippen molar-refractivity contribution in [2.75, 3.05) is 32.8 Å². The van der Waals surface area contributed by atoms with Gasteiger partial charge in [-0.25, -0.2) is 21.9 Å². The molecule has 0 aromatic heterocycles. The lowest BCUT2D eigenvalue weighted by Gasteiger charge is -2.42. The van der Waals surface area contributed by atoms with Gasteiger partial charge in [0.15, 0.2) is 0 Å². The van der Waals surface area contributed by atoms with Gasteiger partial charge in [0.05, 0.1) is 4.90 Å². The second-order valence-electron chi connectivity index (χ2n) is 11.7. The summed E-state index contributed by atoms with van der Waals surface area (Å²) in [6.07, 6.45) is 3.08. The molecule has 8 heteroatoms. The lowest BCUT2D eigenvalue weighted by Crippen LogP contribution is -2.49. The SMILES string of the molecule is Cc1ccc(S(=O)(=O)NCC2(c3ccccc3)CCN(CCCCOC(c3ccc(F)cc3)c3ccc(F)cc3)CC2)cc1. The third-order valence-corrected chi connectivity index (χ3v) is 10.0. The van der Waals surface area contributed by atoms with Crippen molar-refractivity contribution in [3.63, 3.8) is 0 Å². The summed E-state index contributed by atoms with van der Waals surface area (Å²) >= 11 is 0. The van der Waals surface area contributed by atoms with Crippen LogP contribution in [0.3, 0.4) is 0 Å². The van der Waals surface area contributed by atoms with Gasteiger partial charge in [0.2, 0.25) is 10.0 Å². The van der Waals surface area contributed by atoms with E-state index in [1.165, 1.54) is 24.3 Å². The Balaban J connectivity index is 1.15. The van der Waals surface area contributed by atoms with Gasteiger partial charge in [0.1, 0.15) is 17.7 Å². The molecule has 0 spiro atoms. The molecule has 1 N–H and O–H groups in total. The molecule has 0 saturated carbocycles. The van der Waals surface area contributed by atoms with Gasteiger partial charge in [0, 0.05) is 18.6 Å². The van der Waals surface area contributed by atoms with Crippen LogP contribution in [0.15, 0.2) is 108 Å². The zero-order valence-electron chi connectivity index (χ0n) is 25.1. The maximum absolute atomic E-state index is 13.5. The Morgan fingerprint density at radius 1 is 0.795 bits per heavy atom. The highest BCUT2D eigenvalue weighted by molar-refractivity contribution is 7.89. The van der Waals surface area contributed by atoms with Gasteiger partial charge in [-0.05, 0) is 105 Å². The molecular formula is C36H40F2N2O3S. The van der Waals surface area contributed by atoms with Gasteiger partial charge in [-0.15, -0.1) is 0 Å². The molecule has 0 radical (unpaired) electrons. The predicted octanol–water partition coefficient (Wildman–Crippen LogP) is 7.17. The van der Waals surface area contributed by atoms with Crippen LogP contribution in [0.25, 0.3) is 0 Å². The van der Waals surface area contributed by atoms with E-state index in [2.05, 4.69) is 21.8 Å². The average molecular weight is 619 g/mol. The summed E-state index contributed by atoms with van der Waals surface area (Å²) in [5.41, 5.74) is 3.54. The molecule has 0 unspecified atom stereocenters. The molecule has 4 aromatic carbocycles. The van der Waals surface area contributed by atoms with Crippen LogP contribution in [0.1, 0.15) is 54.0 Å². The molecule has 5 nitrogen and oxygen atoms in total. The van der Waals surface area contributed by atoms with Crippen LogP contribution in [0.2, 0.25) is 0 Å². The fraction of sp³-hybridized carbons (Fsp3) is 0.333. The fourth-order valence-electron chi connectivity index (χ4n) is 5.90. The monoisotopic (exact) mass is 618 g/mol. The molecule has 4 aromatic rings. The van der Waals surface area contributed by atoms with E-state index >= 15 is 0 Å². The Morgan fingerprint density at radius 2 is 1.36 bits per heavy atom. The van der Waals surface area contributed by atoms with Crippen molar-refractivity contribution in [1.82, 2.24) is 9.62 Å². The Bertz CT molecular complexity index is 1530. The van der Waals surface area contributed by atoms with Gasteiger partial charge in [0.25, 0.3) is 0 Å². The number of sulfonamides is 1. The Labute approximate surface area is 259 Å². The largest absolute Gasteiger partial charge is 0.369 e. The molecule has 1 aliphatic rings. The maximum atomic E-state index is 13.5. The summed E-state index contributed by atoms with van der Waals surface area (Å²) in [5, 5.41) is 0. The van der Waals surface area contributed by atoms with Crippen LogP contribution in [0.4, 0.5) is 8.78 Å². The number of nitrogens with one attached hydrogen (secondary N) is 1. The van der Waals surface area contributed by atoms with Crippen molar-refractivity contribution in [1.29, 1.82) is 0 Å². The van der Waals surface area contributed by atoms with Crippen LogP contribution in [-0.4, -0.2) is 46.1 Å².